The highest BCUT2D eigenvalue weighted by Gasteiger charge is 2.15. The van der Waals surface area contributed by atoms with Crippen LogP contribution in [-0.4, -0.2) is 21.8 Å². The van der Waals surface area contributed by atoms with Gasteiger partial charge in [-0.15, -0.1) is 0 Å². The Kier molecular flexibility index (Phi) is 4.64. The average Bonchev–Trinajstić information content (AvgIpc) is 2.90. The summed E-state index contributed by atoms with van der Waals surface area (Å²) in [5.41, 5.74) is 4.56. The Bertz CT molecular complexity index is 424. The molecule has 0 aliphatic heterocycles. The van der Waals surface area contributed by atoms with Gasteiger partial charge in [0.1, 0.15) is 0 Å². The molecule has 1 fully saturated rings. The molecule has 0 unspecified atom stereocenters. The summed E-state index contributed by atoms with van der Waals surface area (Å²) in [6.45, 7) is 1.91. The van der Waals surface area contributed by atoms with Gasteiger partial charge in [-0.25, -0.2) is 0 Å². The van der Waals surface area contributed by atoms with Crippen LogP contribution in [0.1, 0.15) is 38.3 Å². The van der Waals surface area contributed by atoms with E-state index in [4.69, 9.17) is 12.2 Å². The van der Waals surface area contributed by atoms with Crippen molar-refractivity contribution in [3.63, 3.8) is 0 Å². The summed E-state index contributed by atoms with van der Waals surface area (Å²) in [7, 11) is 0. The largest absolute Gasteiger partial charge is 0.359 e. The first-order valence-electron chi connectivity index (χ1n) is 6.28. The first-order valence-corrected chi connectivity index (χ1v) is 6.69. The number of nitrogens with one attached hydrogen (secondary N) is 2. The van der Waals surface area contributed by atoms with Gasteiger partial charge in [0.25, 0.3) is 0 Å². The fourth-order valence-corrected chi connectivity index (χ4v) is 2.27. The molecule has 96 valence electrons. The lowest BCUT2D eigenvalue weighted by atomic mass is 10.2. The van der Waals surface area contributed by atoms with E-state index < -0.39 is 0 Å². The van der Waals surface area contributed by atoms with Crippen molar-refractivity contribution in [1.29, 1.82) is 0 Å². The van der Waals surface area contributed by atoms with Crippen LogP contribution in [0.5, 0.6) is 0 Å². The molecule has 4 nitrogen and oxygen atoms in total. The van der Waals surface area contributed by atoms with Crippen LogP contribution in [0.25, 0.3) is 0 Å². The molecule has 2 rings (SSSR count). The van der Waals surface area contributed by atoms with Crippen molar-refractivity contribution < 1.29 is 0 Å². The number of aromatic nitrogens is 1. The normalized spacial score (nSPS) is 16.6. The van der Waals surface area contributed by atoms with Crippen molar-refractivity contribution in [3.05, 3.63) is 30.1 Å². The zero-order valence-electron chi connectivity index (χ0n) is 10.5. The minimum absolute atomic E-state index is 0.510. The molecular formula is C13H18N4S. The number of thiocarbonyl (C=S) groups is 1. The zero-order chi connectivity index (χ0) is 12.8. The first-order chi connectivity index (χ1) is 8.75. The number of pyridine rings is 1. The van der Waals surface area contributed by atoms with E-state index in [-0.39, 0.29) is 0 Å². The van der Waals surface area contributed by atoms with E-state index in [1.54, 1.807) is 6.20 Å². The van der Waals surface area contributed by atoms with Gasteiger partial charge in [0.05, 0.1) is 11.4 Å². The summed E-state index contributed by atoms with van der Waals surface area (Å²) in [6, 6.07) is 6.26. The maximum atomic E-state index is 5.21. The maximum absolute atomic E-state index is 5.21. The van der Waals surface area contributed by atoms with Crippen LogP contribution in [0, 0.1) is 0 Å². The quantitative estimate of drug-likeness (QED) is 0.498. The van der Waals surface area contributed by atoms with Crippen molar-refractivity contribution >= 4 is 23.0 Å². The van der Waals surface area contributed by atoms with Crippen LogP contribution >= 0.6 is 12.2 Å². The lowest BCUT2D eigenvalue weighted by molar-refractivity contribution is 0.624. The third-order valence-corrected chi connectivity index (χ3v) is 3.26. The van der Waals surface area contributed by atoms with Crippen molar-refractivity contribution in [2.75, 3.05) is 0 Å². The Morgan fingerprint density at radius 2 is 2.17 bits per heavy atom. The monoisotopic (exact) mass is 262 g/mol. The molecule has 1 aromatic heterocycles. The molecular weight excluding hydrogens is 244 g/mol. The Balaban J connectivity index is 1.84. The second-order valence-electron chi connectivity index (χ2n) is 4.48. The number of hydrazone groups is 1. The molecule has 1 saturated carbocycles. The fraction of sp³-hybridized carbons (Fsp3) is 0.462. The lowest BCUT2D eigenvalue weighted by Crippen LogP contribution is -2.38. The predicted molar refractivity (Wildman–Crippen MR) is 77.6 cm³/mol. The standard InChI is InChI=1S/C13H18N4S/c1-10(12-8-4-5-9-14-12)16-17-13(18)15-11-6-2-3-7-11/h4-5,8-9,11H,2-3,6-7H2,1H3,(H2,15,17,18). The van der Waals surface area contributed by atoms with Crippen molar-refractivity contribution in [3.8, 4) is 0 Å². The van der Waals surface area contributed by atoms with Gasteiger partial charge in [-0.1, -0.05) is 18.9 Å². The molecule has 1 heterocycles. The van der Waals surface area contributed by atoms with Crippen LogP contribution in [0.3, 0.4) is 0 Å². The predicted octanol–water partition coefficient (Wildman–Crippen LogP) is 2.21. The van der Waals surface area contributed by atoms with Crippen LogP contribution in [0.15, 0.2) is 29.5 Å². The smallest absolute Gasteiger partial charge is 0.187 e. The molecule has 1 aliphatic carbocycles. The van der Waals surface area contributed by atoms with E-state index >= 15 is 0 Å². The molecule has 0 bridgehead atoms. The Hall–Kier alpha value is -1.49. The summed E-state index contributed by atoms with van der Waals surface area (Å²) in [5, 5.41) is 8.11. The molecule has 0 saturated heterocycles. The molecule has 5 heteroatoms. The number of rotatable bonds is 3. The number of hydrogen-bond donors (Lipinski definition) is 2. The minimum atomic E-state index is 0.510. The van der Waals surface area contributed by atoms with Gasteiger partial charge in [-0.3, -0.25) is 10.4 Å². The van der Waals surface area contributed by atoms with E-state index in [0.717, 1.165) is 11.4 Å². The molecule has 0 spiro atoms. The van der Waals surface area contributed by atoms with E-state index in [9.17, 15) is 0 Å². The highest BCUT2D eigenvalue weighted by atomic mass is 32.1. The van der Waals surface area contributed by atoms with Gasteiger partial charge in [-0.05, 0) is 44.1 Å². The summed E-state index contributed by atoms with van der Waals surface area (Å²) < 4.78 is 0. The third-order valence-electron chi connectivity index (χ3n) is 3.05. The molecule has 0 amide bonds. The SMILES string of the molecule is CC(=NNC(=S)NC1CCCC1)c1ccccn1. The van der Waals surface area contributed by atoms with Gasteiger partial charge >= 0.3 is 0 Å². The van der Waals surface area contributed by atoms with Crippen LogP contribution in [-0.2, 0) is 0 Å². The van der Waals surface area contributed by atoms with E-state index in [1.165, 1.54) is 25.7 Å². The molecule has 0 aromatic carbocycles. The topological polar surface area (TPSA) is 49.3 Å². The fourth-order valence-electron chi connectivity index (χ4n) is 2.06. The van der Waals surface area contributed by atoms with Crippen LogP contribution in [0.4, 0.5) is 0 Å². The second-order valence-corrected chi connectivity index (χ2v) is 4.89. The van der Waals surface area contributed by atoms with E-state index in [0.29, 0.717) is 11.2 Å². The Labute approximate surface area is 113 Å². The summed E-state index contributed by atoms with van der Waals surface area (Å²) >= 11 is 5.21. The molecule has 0 radical (unpaired) electrons. The maximum Gasteiger partial charge on any atom is 0.187 e. The van der Waals surface area contributed by atoms with Crippen molar-refractivity contribution in [2.45, 2.75) is 38.6 Å². The van der Waals surface area contributed by atoms with Crippen molar-refractivity contribution in [1.82, 2.24) is 15.7 Å². The minimum Gasteiger partial charge on any atom is -0.359 e. The van der Waals surface area contributed by atoms with Gasteiger partial charge in [-0.2, -0.15) is 5.10 Å². The summed E-state index contributed by atoms with van der Waals surface area (Å²) in [5.74, 6) is 0. The van der Waals surface area contributed by atoms with Crippen molar-refractivity contribution in [2.24, 2.45) is 5.10 Å². The number of nitrogens with zero attached hydrogens (tertiary/aromatic N) is 2. The van der Waals surface area contributed by atoms with Crippen LogP contribution in [0.2, 0.25) is 0 Å². The van der Waals surface area contributed by atoms with E-state index in [2.05, 4.69) is 20.8 Å². The lowest BCUT2D eigenvalue weighted by Gasteiger charge is -2.13. The summed E-state index contributed by atoms with van der Waals surface area (Å²) in [4.78, 5) is 4.23. The summed E-state index contributed by atoms with van der Waals surface area (Å²) in [6.07, 6.45) is 6.73. The highest BCUT2D eigenvalue weighted by Crippen LogP contribution is 2.17. The molecule has 1 aromatic rings. The second kappa shape index (κ2) is 6.44. The molecule has 18 heavy (non-hydrogen) atoms. The Morgan fingerprint density at radius 1 is 1.39 bits per heavy atom. The van der Waals surface area contributed by atoms with Gasteiger partial charge in [0.2, 0.25) is 0 Å². The van der Waals surface area contributed by atoms with Gasteiger partial charge < -0.3 is 5.32 Å². The molecule has 1 aliphatic rings. The molecule has 0 atom stereocenters. The average molecular weight is 262 g/mol. The van der Waals surface area contributed by atoms with Crippen LogP contribution < -0.4 is 10.7 Å². The van der Waals surface area contributed by atoms with Gasteiger partial charge in [0, 0.05) is 12.2 Å². The zero-order valence-corrected chi connectivity index (χ0v) is 11.3. The Morgan fingerprint density at radius 3 is 2.83 bits per heavy atom. The first kappa shape index (κ1) is 13.0. The molecule has 2 N–H and O–H groups in total. The van der Waals surface area contributed by atoms with E-state index in [1.807, 2.05) is 25.1 Å². The highest BCUT2D eigenvalue weighted by molar-refractivity contribution is 7.80. The number of hydrogen-bond acceptors (Lipinski definition) is 3. The third kappa shape index (κ3) is 3.77. The van der Waals surface area contributed by atoms with Gasteiger partial charge in [0.15, 0.2) is 5.11 Å².